The highest BCUT2D eigenvalue weighted by Crippen LogP contribution is 2.28. The van der Waals surface area contributed by atoms with Crippen molar-refractivity contribution in [2.24, 2.45) is 0 Å². The lowest BCUT2D eigenvalue weighted by Gasteiger charge is -2.12. The SMILES string of the molecule is COc1ccc(OC)c(NC(=O)COC(=O)c2ccc(F)cc2N)c1. The second kappa shape index (κ2) is 8.00. The van der Waals surface area contributed by atoms with Gasteiger partial charge in [-0.2, -0.15) is 0 Å². The molecule has 25 heavy (non-hydrogen) atoms. The maximum absolute atomic E-state index is 13.0. The Labute approximate surface area is 143 Å². The molecular weight excluding hydrogens is 331 g/mol. The van der Waals surface area contributed by atoms with Crippen LogP contribution in [0.4, 0.5) is 15.8 Å². The van der Waals surface area contributed by atoms with Gasteiger partial charge in [-0.1, -0.05) is 0 Å². The van der Waals surface area contributed by atoms with Gasteiger partial charge in [-0.05, 0) is 30.3 Å². The average Bonchev–Trinajstić information content (AvgIpc) is 2.59. The maximum Gasteiger partial charge on any atom is 0.340 e. The normalized spacial score (nSPS) is 10.0. The quantitative estimate of drug-likeness (QED) is 0.613. The van der Waals surface area contributed by atoms with Crippen molar-refractivity contribution < 1.29 is 28.2 Å². The van der Waals surface area contributed by atoms with Crippen LogP contribution in [0.2, 0.25) is 0 Å². The van der Waals surface area contributed by atoms with Gasteiger partial charge in [0, 0.05) is 11.8 Å². The van der Waals surface area contributed by atoms with Crippen molar-refractivity contribution >= 4 is 23.3 Å². The molecular formula is C17H17FN2O5. The number of rotatable bonds is 6. The monoisotopic (exact) mass is 348 g/mol. The van der Waals surface area contributed by atoms with Gasteiger partial charge < -0.3 is 25.3 Å². The Morgan fingerprint density at radius 3 is 2.52 bits per heavy atom. The topological polar surface area (TPSA) is 99.9 Å². The second-order valence-corrected chi connectivity index (χ2v) is 4.92. The van der Waals surface area contributed by atoms with E-state index in [-0.39, 0.29) is 11.3 Å². The van der Waals surface area contributed by atoms with E-state index >= 15 is 0 Å². The smallest absolute Gasteiger partial charge is 0.340 e. The van der Waals surface area contributed by atoms with Crippen LogP contribution in [0.1, 0.15) is 10.4 Å². The van der Waals surface area contributed by atoms with Gasteiger partial charge in [0.15, 0.2) is 6.61 Å². The Morgan fingerprint density at radius 1 is 1.12 bits per heavy atom. The molecule has 0 heterocycles. The van der Waals surface area contributed by atoms with Crippen molar-refractivity contribution in [1.82, 2.24) is 0 Å². The number of nitrogens with two attached hydrogens (primary N) is 1. The molecule has 2 rings (SSSR count). The van der Waals surface area contributed by atoms with Gasteiger partial charge in [0.05, 0.1) is 25.5 Å². The number of amides is 1. The van der Waals surface area contributed by atoms with Crippen LogP contribution < -0.4 is 20.5 Å². The number of esters is 1. The van der Waals surface area contributed by atoms with Crippen LogP contribution in [-0.2, 0) is 9.53 Å². The first kappa shape index (κ1) is 18.1. The summed E-state index contributed by atoms with van der Waals surface area (Å²) in [6.07, 6.45) is 0. The molecule has 0 aliphatic rings. The molecule has 0 bridgehead atoms. The Bertz CT molecular complexity index is 795. The molecule has 0 aliphatic heterocycles. The zero-order valence-electron chi connectivity index (χ0n) is 13.7. The molecule has 2 aromatic rings. The summed E-state index contributed by atoms with van der Waals surface area (Å²) in [4.78, 5) is 23.9. The number of hydrogen-bond acceptors (Lipinski definition) is 6. The third-order valence-electron chi connectivity index (χ3n) is 3.25. The molecule has 0 atom stereocenters. The number of anilines is 2. The molecule has 0 radical (unpaired) electrons. The minimum Gasteiger partial charge on any atom is -0.497 e. The molecule has 0 aliphatic carbocycles. The first-order valence-corrected chi connectivity index (χ1v) is 7.18. The van der Waals surface area contributed by atoms with Crippen LogP contribution in [0.25, 0.3) is 0 Å². The van der Waals surface area contributed by atoms with E-state index < -0.39 is 24.3 Å². The van der Waals surface area contributed by atoms with E-state index in [4.69, 9.17) is 19.9 Å². The lowest BCUT2D eigenvalue weighted by atomic mass is 10.2. The van der Waals surface area contributed by atoms with Crippen LogP contribution in [0.3, 0.4) is 0 Å². The third-order valence-corrected chi connectivity index (χ3v) is 3.25. The Hall–Kier alpha value is -3.29. The highest BCUT2D eigenvalue weighted by molar-refractivity contribution is 5.98. The summed E-state index contributed by atoms with van der Waals surface area (Å²) >= 11 is 0. The summed E-state index contributed by atoms with van der Waals surface area (Å²) < 4.78 is 28.1. The number of halogens is 1. The van der Waals surface area contributed by atoms with Crippen LogP contribution in [0, 0.1) is 5.82 Å². The summed E-state index contributed by atoms with van der Waals surface area (Å²) in [5.41, 5.74) is 5.83. The minimum atomic E-state index is -0.828. The van der Waals surface area contributed by atoms with E-state index in [1.807, 2.05) is 0 Å². The van der Waals surface area contributed by atoms with E-state index in [0.717, 1.165) is 12.1 Å². The molecule has 8 heteroatoms. The summed E-state index contributed by atoms with van der Waals surface area (Å²) in [7, 11) is 2.94. The van der Waals surface area contributed by atoms with Gasteiger partial charge in [-0.3, -0.25) is 4.79 Å². The number of methoxy groups -OCH3 is 2. The van der Waals surface area contributed by atoms with Gasteiger partial charge >= 0.3 is 5.97 Å². The number of nitrogen functional groups attached to an aromatic ring is 1. The highest BCUT2D eigenvalue weighted by Gasteiger charge is 2.15. The standard InChI is InChI=1S/C17H17FN2O5/c1-23-11-4-6-15(24-2)14(8-11)20-16(21)9-25-17(22)12-5-3-10(18)7-13(12)19/h3-8H,9,19H2,1-2H3,(H,20,21). The fourth-order valence-electron chi connectivity index (χ4n) is 2.03. The number of carbonyl (C=O) groups excluding carboxylic acids is 2. The first-order valence-electron chi connectivity index (χ1n) is 7.18. The van der Waals surface area contributed by atoms with Gasteiger partial charge in [0.2, 0.25) is 0 Å². The molecule has 0 saturated heterocycles. The largest absolute Gasteiger partial charge is 0.497 e. The summed E-state index contributed by atoms with van der Waals surface area (Å²) in [6.45, 7) is -0.546. The number of benzene rings is 2. The maximum atomic E-state index is 13.0. The van der Waals surface area contributed by atoms with Gasteiger partial charge in [0.25, 0.3) is 5.91 Å². The van der Waals surface area contributed by atoms with Crippen molar-refractivity contribution in [2.75, 3.05) is 31.9 Å². The first-order chi connectivity index (χ1) is 11.9. The van der Waals surface area contributed by atoms with E-state index in [0.29, 0.717) is 17.2 Å². The number of hydrogen-bond donors (Lipinski definition) is 2. The molecule has 0 saturated carbocycles. The van der Waals surface area contributed by atoms with Gasteiger partial charge in [-0.25, -0.2) is 9.18 Å². The van der Waals surface area contributed by atoms with Gasteiger partial charge in [0.1, 0.15) is 17.3 Å². The van der Waals surface area contributed by atoms with Crippen LogP contribution in [-0.4, -0.2) is 32.7 Å². The molecule has 2 aromatic carbocycles. The van der Waals surface area contributed by atoms with E-state index in [2.05, 4.69) is 5.32 Å². The Morgan fingerprint density at radius 2 is 1.88 bits per heavy atom. The molecule has 1 amide bonds. The molecule has 132 valence electrons. The van der Waals surface area contributed by atoms with Gasteiger partial charge in [-0.15, -0.1) is 0 Å². The Balaban J connectivity index is 2.00. The fourth-order valence-corrected chi connectivity index (χ4v) is 2.03. The number of nitrogens with one attached hydrogen (secondary N) is 1. The zero-order chi connectivity index (χ0) is 18.4. The average molecular weight is 348 g/mol. The summed E-state index contributed by atoms with van der Waals surface area (Å²) in [6, 6.07) is 8.13. The van der Waals surface area contributed by atoms with E-state index in [9.17, 15) is 14.0 Å². The summed E-state index contributed by atoms with van der Waals surface area (Å²) in [5, 5.41) is 2.55. The Kier molecular flexibility index (Phi) is 5.78. The second-order valence-electron chi connectivity index (χ2n) is 4.92. The molecule has 3 N–H and O–H groups in total. The molecule has 0 fully saturated rings. The lowest BCUT2D eigenvalue weighted by Crippen LogP contribution is -2.21. The lowest BCUT2D eigenvalue weighted by molar-refractivity contribution is -0.119. The van der Waals surface area contributed by atoms with Crippen molar-refractivity contribution in [3.63, 3.8) is 0 Å². The molecule has 0 aromatic heterocycles. The molecule has 7 nitrogen and oxygen atoms in total. The van der Waals surface area contributed by atoms with Crippen LogP contribution >= 0.6 is 0 Å². The van der Waals surface area contributed by atoms with E-state index in [1.54, 1.807) is 18.2 Å². The van der Waals surface area contributed by atoms with Crippen molar-refractivity contribution in [3.05, 3.63) is 47.8 Å². The molecule has 0 unspecified atom stereocenters. The minimum absolute atomic E-state index is 0.0202. The van der Waals surface area contributed by atoms with Crippen molar-refractivity contribution in [3.8, 4) is 11.5 Å². The van der Waals surface area contributed by atoms with Crippen molar-refractivity contribution in [2.45, 2.75) is 0 Å². The zero-order valence-corrected chi connectivity index (χ0v) is 13.7. The fraction of sp³-hybridized carbons (Fsp3) is 0.176. The predicted molar refractivity (Wildman–Crippen MR) is 89.3 cm³/mol. The molecule has 0 spiro atoms. The van der Waals surface area contributed by atoms with E-state index in [1.165, 1.54) is 20.3 Å². The summed E-state index contributed by atoms with van der Waals surface area (Å²) in [5.74, 6) is -1.04. The highest BCUT2D eigenvalue weighted by atomic mass is 19.1. The number of carbonyl (C=O) groups is 2. The van der Waals surface area contributed by atoms with Crippen molar-refractivity contribution in [1.29, 1.82) is 0 Å². The predicted octanol–water partition coefficient (Wildman–Crippen LogP) is 2.22. The van der Waals surface area contributed by atoms with Crippen LogP contribution in [0.15, 0.2) is 36.4 Å². The van der Waals surface area contributed by atoms with Crippen LogP contribution in [0.5, 0.6) is 11.5 Å². The number of ether oxygens (including phenoxy) is 3. The third kappa shape index (κ3) is 4.60.